The number of nitro groups is 1. The van der Waals surface area contributed by atoms with Crippen molar-refractivity contribution >= 4 is 45.5 Å². The van der Waals surface area contributed by atoms with E-state index in [4.69, 9.17) is 14.6 Å². The van der Waals surface area contributed by atoms with Crippen LogP contribution in [0.3, 0.4) is 0 Å². The number of hydrogen-bond donors (Lipinski definition) is 1. The van der Waals surface area contributed by atoms with E-state index in [-0.39, 0.29) is 40.1 Å². The van der Waals surface area contributed by atoms with E-state index in [9.17, 15) is 14.9 Å². The Morgan fingerprint density at radius 3 is 2.68 bits per heavy atom. The van der Waals surface area contributed by atoms with Crippen molar-refractivity contribution in [2.75, 3.05) is 6.61 Å². The SMILES string of the molecule is CCOc1ccc(-c2ccc(/C=C3\C(=N)N4N=C(C(CC)c5ccccc5)SC4=NC3=O)o2)c([N+](=O)[O-])c1. The van der Waals surface area contributed by atoms with Crippen LogP contribution in [-0.4, -0.2) is 38.5 Å². The fourth-order valence-electron chi connectivity index (χ4n) is 4.23. The van der Waals surface area contributed by atoms with E-state index < -0.39 is 10.8 Å². The minimum atomic E-state index is -0.581. The number of rotatable bonds is 8. The molecule has 1 unspecified atom stereocenters. The lowest BCUT2D eigenvalue weighted by Crippen LogP contribution is -2.35. The molecule has 0 bridgehead atoms. The third-order valence-corrected chi connectivity index (χ3v) is 7.06. The van der Waals surface area contributed by atoms with Gasteiger partial charge in [0, 0.05) is 5.92 Å². The molecule has 2 aromatic carbocycles. The second-order valence-corrected chi connectivity index (χ2v) is 9.39. The van der Waals surface area contributed by atoms with Gasteiger partial charge in [-0.05, 0) is 61.0 Å². The van der Waals surface area contributed by atoms with Crippen molar-refractivity contribution in [1.82, 2.24) is 5.01 Å². The number of nitrogens with zero attached hydrogens (tertiary/aromatic N) is 4. The zero-order valence-corrected chi connectivity index (χ0v) is 21.4. The quantitative estimate of drug-likeness (QED) is 0.213. The van der Waals surface area contributed by atoms with Crippen LogP contribution in [0.1, 0.15) is 37.5 Å². The number of amides is 1. The number of carbonyl (C=O) groups is 1. The van der Waals surface area contributed by atoms with Gasteiger partial charge in [0.15, 0.2) is 5.84 Å². The second-order valence-electron chi connectivity index (χ2n) is 8.40. The molecule has 192 valence electrons. The lowest BCUT2D eigenvalue weighted by atomic mass is 9.98. The maximum Gasteiger partial charge on any atom is 0.284 e. The molecule has 11 heteroatoms. The lowest BCUT2D eigenvalue weighted by Gasteiger charge is -2.19. The maximum absolute atomic E-state index is 12.9. The largest absolute Gasteiger partial charge is 0.494 e. The monoisotopic (exact) mass is 529 g/mol. The number of nitrogens with one attached hydrogen (secondary N) is 1. The van der Waals surface area contributed by atoms with Gasteiger partial charge in [-0.2, -0.15) is 15.1 Å². The highest BCUT2D eigenvalue weighted by Gasteiger charge is 2.38. The number of hydrogen-bond acceptors (Lipinski definition) is 8. The topological polar surface area (TPSA) is 134 Å². The van der Waals surface area contributed by atoms with Gasteiger partial charge >= 0.3 is 0 Å². The van der Waals surface area contributed by atoms with E-state index in [1.54, 1.807) is 31.2 Å². The Morgan fingerprint density at radius 2 is 1.97 bits per heavy atom. The molecule has 0 saturated carbocycles. The molecule has 10 nitrogen and oxygen atoms in total. The van der Waals surface area contributed by atoms with E-state index in [1.165, 1.54) is 28.9 Å². The number of carbonyl (C=O) groups excluding carboxylic acids is 1. The first-order valence-corrected chi connectivity index (χ1v) is 12.8. The summed E-state index contributed by atoms with van der Waals surface area (Å²) < 4.78 is 11.2. The van der Waals surface area contributed by atoms with Gasteiger partial charge in [0.25, 0.3) is 11.6 Å². The van der Waals surface area contributed by atoms with E-state index >= 15 is 0 Å². The molecule has 1 atom stereocenters. The Kier molecular flexibility index (Phi) is 6.93. The van der Waals surface area contributed by atoms with E-state index in [0.29, 0.717) is 17.5 Å². The van der Waals surface area contributed by atoms with Crippen molar-refractivity contribution in [1.29, 1.82) is 5.41 Å². The minimum Gasteiger partial charge on any atom is -0.494 e. The number of nitro benzene ring substituents is 1. The van der Waals surface area contributed by atoms with E-state index in [1.807, 2.05) is 30.3 Å². The molecule has 5 rings (SSSR count). The van der Waals surface area contributed by atoms with Crippen LogP contribution in [0.2, 0.25) is 0 Å². The van der Waals surface area contributed by atoms with Gasteiger partial charge in [-0.25, -0.2) is 0 Å². The fourth-order valence-corrected chi connectivity index (χ4v) is 5.33. The van der Waals surface area contributed by atoms with Crippen molar-refractivity contribution in [3.8, 4) is 17.1 Å². The van der Waals surface area contributed by atoms with Crippen LogP contribution >= 0.6 is 11.8 Å². The highest BCUT2D eigenvalue weighted by Crippen LogP contribution is 2.37. The average Bonchev–Trinajstić information content (AvgIpc) is 3.55. The number of ether oxygens (including phenoxy) is 1. The first-order valence-electron chi connectivity index (χ1n) is 12.0. The van der Waals surface area contributed by atoms with Gasteiger partial charge in [0.1, 0.15) is 22.3 Å². The molecule has 1 N–H and O–H groups in total. The summed E-state index contributed by atoms with van der Waals surface area (Å²) in [6.45, 7) is 4.23. The van der Waals surface area contributed by atoms with Crippen LogP contribution in [0.5, 0.6) is 5.75 Å². The normalized spacial score (nSPS) is 16.8. The Hall–Kier alpha value is -4.51. The van der Waals surface area contributed by atoms with Crippen molar-refractivity contribution in [2.24, 2.45) is 10.1 Å². The third kappa shape index (κ3) is 4.75. The standard InChI is InChI=1S/C27H23N5O5S/c1-3-19(16-8-6-5-7-9-16)26-30-31-24(28)21(25(33)29-27(31)38-26)14-18-11-13-23(37-18)20-12-10-17(36-4-2)15-22(20)32(34)35/h5-15,19,28H,3-4H2,1-2H3/b21-14+,28-24?. The smallest absolute Gasteiger partial charge is 0.284 e. The zero-order chi connectivity index (χ0) is 26.8. The molecule has 2 aliphatic heterocycles. The number of furan rings is 1. The lowest BCUT2D eigenvalue weighted by molar-refractivity contribution is -0.384. The van der Waals surface area contributed by atoms with Crippen molar-refractivity contribution < 1.29 is 18.9 Å². The minimum absolute atomic E-state index is 0.00852. The molecule has 3 heterocycles. The molecule has 1 aromatic heterocycles. The summed E-state index contributed by atoms with van der Waals surface area (Å²) in [5.74, 6) is 0.200. The summed E-state index contributed by atoms with van der Waals surface area (Å²) in [5, 5.41) is 27.4. The molecule has 0 radical (unpaired) electrons. The summed E-state index contributed by atoms with van der Waals surface area (Å²) in [6.07, 6.45) is 2.20. The second kappa shape index (κ2) is 10.5. The van der Waals surface area contributed by atoms with Crippen molar-refractivity contribution in [2.45, 2.75) is 26.2 Å². The fraction of sp³-hybridized carbons (Fsp3) is 0.185. The van der Waals surface area contributed by atoms with Crippen LogP contribution < -0.4 is 4.74 Å². The van der Waals surface area contributed by atoms with Crippen molar-refractivity contribution in [3.05, 3.63) is 87.7 Å². The predicted octanol–water partition coefficient (Wildman–Crippen LogP) is 6.07. The molecule has 0 saturated heterocycles. The first-order chi connectivity index (χ1) is 18.4. The summed E-state index contributed by atoms with van der Waals surface area (Å²) in [7, 11) is 0. The van der Waals surface area contributed by atoms with Crippen molar-refractivity contribution in [3.63, 3.8) is 0 Å². The van der Waals surface area contributed by atoms with Gasteiger partial charge in [-0.3, -0.25) is 20.3 Å². The number of fused-ring (bicyclic) bond motifs is 1. The molecule has 0 aliphatic carbocycles. The number of thioether (sulfide) groups is 1. The van der Waals surface area contributed by atoms with Crippen LogP contribution in [0.4, 0.5) is 5.69 Å². The summed E-state index contributed by atoms with van der Waals surface area (Å²) in [6, 6.07) is 17.6. The number of hydrazone groups is 1. The summed E-state index contributed by atoms with van der Waals surface area (Å²) in [4.78, 5) is 28.2. The molecule has 0 spiro atoms. The molecular weight excluding hydrogens is 506 g/mol. The third-order valence-electron chi connectivity index (χ3n) is 6.03. The Morgan fingerprint density at radius 1 is 1.18 bits per heavy atom. The Bertz CT molecular complexity index is 1530. The van der Waals surface area contributed by atoms with Crippen LogP contribution in [0.25, 0.3) is 17.4 Å². The molecule has 1 amide bonds. The zero-order valence-electron chi connectivity index (χ0n) is 20.6. The predicted molar refractivity (Wildman–Crippen MR) is 146 cm³/mol. The summed E-state index contributed by atoms with van der Waals surface area (Å²) in [5.41, 5.74) is 1.21. The number of benzene rings is 2. The summed E-state index contributed by atoms with van der Waals surface area (Å²) >= 11 is 1.29. The van der Waals surface area contributed by atoms with E-state index in [2.05, 4.69) is 17.0 Å². The maximum atomic E-state index is 12.9. The number of aliphatic imine (C=N–C) groups is 1. The van der Waals surface area contributed by atoms with Crippen LogP contribution in [0.15, 0.2) is 80.7 Å². The highest BCUT2D eigenvalue weighted by molar-refractivity contribution is 8.27. The van der Waals surface area contributed by atoms with Crippen LogP contribution in [0, 0.1) is 15.5 Å². The molecule has 0 fully saturated rings. The van der Waals surface area contributed by atoms with Gasteiger partial charge in [0.2, 0.25) is 5.17 Å². The first kappa shape index (κ1) is 25.2. The average molecular weight is 530 g/mol. The van der Waals surface area contributed by atoms with E-state index in [0.717, 1.165) is 17.0 Å². The molecular formula is C27H23N5O5S. The van der Waals surface area contributed by atoms with Crippen LogP contribution in [-0.2, 0) is 4.79 Å². The molecule has 38 heavy (non-hydrogen) atoms. The van der Waals surface area contributed by atoms with Gasteiger partial charge < -0.3 is 9.15 Å². The highest BCUT2D eigenvalue weighted by atomic mass is 32.2. The number of amidine groups is 2. The van der Waals surface area contributed by atoms with Gasteiger partial charge in [-0.15, -0.1) is 0 Å². The Labute approximate surface area is 222 Å². The van der Waals surface area contributed by atoms with Gasteiger partial charge in [0.05, 0.1) is 28.7 Å². The molecule has 3 aromatic rings. The molecule has 2 aliphatic rings. The van der Waals surface area contributed by atoms with Gasteiger partial charge in [-0.1, -0.05) is 37.3 Å². The Balaban J connectivity index is 1.43.